The first-order chi connectivity index (χ1) is 15.7. The summed E-state index contributed by atoms with van der Waals surface area (Å²) < 4.78 is 33.9. The summed E-state index contributed by atoms with van der Waals surface area (Å²) >= 11 is 0. The van der Waals surface area contributed by atoms with E-state index in [9.17, 15) is 13.2 Å². The van der Waals surface area contributed by atoms with Gasteiger partial charge in [0, 0.05) is 45.7 Å². The smallest absolute Gasteiger partial charge is 0.242 e. The van der Waals surface area contributed by atoms with E-state index in [-0.39, 0.29) is 23.3 Å². The second-order valence-corrected chi connectivity index (χ2v) is 10.8. The summed E-state index contributed by atoms with van der Waals surface area (Å²) in [6, 6.07) is 12.4. The fraction of sp³-hybridized carbons (Fsp3) is 0.417. The minimum Gasteiger partial charge on any atom is -0.490 e. The van der Waals surface area contributed by atoms with Crippen LogP contribution in [0.1, 0.15) is 37.9 Å². The van der Waals surface area contributed by atoms with Crippen molar-refractivity contribution < 1.29 is 17.9 Å². The largest absolute Gasteiger partial charge is 0.490 e. The number of nitrogens with one attached hydrogen (secondary N) is 1. The van der Waals surface area contributed by atoms with Crippen LogP contribution in [0, 0.1) is 0 Å². The maximum Gasteiger partial charge on any atom is 0.242 e. The molecule has 4 rings (SSSR count). The Bertz CT molecular complexity index is 1260. The van der Waals surface area contributed by atoms with Crippen molar-refractivity contribution in [1.82, 2.24) is 13.9 Å². The lowest BCUT2D eigenvalue weighted by atomic mass is 10.2. The molecule has 0 saturated heterocycles. The normalized spacial score (nSPS) is 14.8. The number of carbonyl (C=O) groups is 1. The van der Waals surface area contributed by atoms with Crippen molar-refractivity contribution in [3.63, 3.8) is 0 Å². The number of sulfonamides is 1. The van der Waals surface area contributed by atoms with E-state index in [1.165, 1.54) is 31.2 Å². The summed E-state index contributed by atoms with van der Waals surface area (Å²) in [5.41, 5.74) is 2.12. The Morgan fingerprint density at radius 3 is 2.67 bits per heavy atom. The Balaban J connectivity index is 1.41. The van der Waals surface area contributed by atoms with E-state index in [1.54, 1.807) is 18.2 Å². The van der Waals surface area contributed by atoms with Gasteiger partial charge in [-0.05, 0) is 56.0 Å². The lowest BCUT2D eigenvalue weighted by Crippen LogP contribution is -2.22. The fourth-order valence-corrected chi connectivity index (χ4v) is 5.04. The molecular weight excluding hydrogens is 440 g/mol. The van der Waals surface area contributed by atoms with E-state index >= 15 is 0 Å². The molecule has 0 unspecified atom stereocenters. The molecule has 1 N–H and O–H groups in total. The second-order valence-electron chi connectivity index (χ2n) is 8.63. The van der Waals surface area contributed by atoms with Crippen molar-refractivity contribution in [3.05, 3.63) is 48.3 Å². The highest BCUT2D eigenvalue weighted by atomic mass is 32.2. The average molecular weight is 471 g/mol. The van der Waals surface area contributed by atoms with Gasteiger partial charge in [0.05, 0.1) is 22.0 Å². The quantitative estimate of drug-likeness (QED) is 0.542. The summed E-state index contributed by atoms with van der Waals surface area (Å²) in [5.74, 6) is 1.38. The summed E-state index contributed by atoms with van der Waals surface area (Å²) in [7, 11) is 1.33. The molecule has 2 aromatic carbocycles. The van der Waals surface area contributed by atoms with Crippen LogP contribution in [0.3, 0.4) is 0 Å². The second kappa shape index (κ2) is 9.52. The summed E-state index contributed by atoms with van der Waals surface area (Å²) in [4.78, 5) is 17.3. The van der Waals surface area contributed by atoms with Crippen LogP contribution in [-0.2, 0) is 28.3 Å². The Kier molecular flexibility index (Phi) is 6.71. The number of aryl methyl sites for hydroxylation is 2. The highest BCUT2D eigenvalue weighted by Gasteiger charge is 2.20. The molecule has 1 amide bonds. The fourth-order valence-electron chi connectivity index (χ4n) is 4.12. The van der Waals surface area contributed by atoms with Gasteiger partial charge < -0.3 is 14.6 Å². The molecule has 1 fully saturated rings. The minimum absolute atomic E-state index is 0.115. The van der Waals surface area contributed by atoms with Crippen molar-refractivity contribution in [3.8, 4) is 5.75 Å². The molecule has 0 atom stereocenters. The first kappa shape index (κ1) is 23.3. The number of imidazole rings is 1. The van der Waals surface area contributed by atoms with Gasteiger partial charge in [0.25, 0.3) is 0 Å². The number of aromatic nitrogens is 2. The van der Waals surface area contributed by atoms with Crippen LogP contribution >= 0.6 is 0 Å². The Morgan fingerprint density at radius 2 is 1.94 bits per heavy atom. The number of benzene rings is 2. The lowest BCUT2D eigenvalue weighted by Gasteiger charge is -2.14. The molecule has 0 bridgehead atoms. The zero-order chi connectivity index (χ0) is 23.6. The van der Waals surface area contributed by atoms with Crippen molar-refractivity contribution in [2.24, 2.45) is 7.05 Å². The Labute approximate surface area is 194 Å². The highest BCUT2D eigenvalue weighted by Crippen LogP contribution is 2.26. The summed E-state index contributed by atoms with van der Waals surface area (Å²) in [6.45, 7) is 0. The number of amides is 1. The first-order valence-electron chi connectivity index (χ1n) is 11.2. The number of anilines is 1. The van der Waals surface area contributed by atoms with Crippen molar-refractivity contribution in [1.29, 1.82) is 0 Å². The Hall–Kier alpha value is -2.91. The maximum atomic E-state index is 12.6. The monoisotopic (exact) mass is 470 g/mol. The lowest BCUT2D eigenvalue weighted by molar-refractivity contribution is -0.116. The van der Waals surface area contributed by atoms with Crippen LogP contribution in [0.5, 0.6) is 5.75 Å². The van der Waals surface area contributed by atoms with E-state index < -0.39 is 10.0 Å². The zero-order valence-electron chi connectivity index (χ0n) is 19.2. The van der Waals surface area contributed by atoms with Gasteiger partial charge in [-0.1, -0.05) is 6.07 Å². The molecule has 1 aromatic heterocycles. The summed E-state index contributed by atoms with van der Waals surface area (Å²) in [5, 5.41) is 2.93. The number of rotatable bonds is 8. The zero-order valence-corrected chi connectivity index (χ0v) is 20.1. The van der Waals surface area contributed by atoms with Gasteiger partial charge in [-0.15, -0.1) is 0 Å². The first-order valence-corrected chi connectivity index (χ1v) is 12.6. The molecule has 33 heavy (non-hydrogen) atoms. The van der Waals surface area contributed by atoms with Crippen LogP contribution in [0.25, 0.3) is 11.0 Å². The maximum absolute atomic E-state index is 12.6. The standard InChI is InChI=1S/C24H30N4O4S/c1-27(2)33(30,31)20-11-12-22-21(16-20)26-23(28(22)3)13-14-24(29)25-17-7-6-10-19(15-17)32-18-8-4-5-9-18/h6-7,10-12,15-16,18H,4-5,8-9,13-14H2,1-3H3,(H,25,29). The van der Waals surface area contributed by atoms with Gasteiger partial charge in [0.1, 0.15) is 11.6 Å². The van der Waals surface area contributed by atoms with Gasteiger partial charge in [0.15, 0.2) is 0 Å². The van der Waals surface area contributed by atoms with E-state index in [2.05, 4.69) is 10.3 Å². The van der Waals surface area contributed by atoms with Crippen molar-refractivity contribution >= 4 is 32.7 Å². The van der Waals surface area contributed by atoms with Gasteiger partial charge in [-0.3, -0.25) is 4.79 Å². The molecule has 1 aliphatic rings. The van der Waals surface area contributed by atoms with Crippen LogP contribution in [0.15, 0.2) is 47.4 Å². The van der Waals surface area contributed by atoms with E-state index in [0.717, 1.165) is 29.9 Å². The van der Waals surface area contributed by atoms with Crippen molar-refractivity contribution in [2.45, 2.75) is 49.5 Å². The molecule has 9 heteroatoms. The third kappa shape index (κ3) is 5.20. The number of ether oxygens (including phenoxy) is 1. The highest BCUT2D eigenvalue weighted by molar-refractivity contribution is 7.89. The van der Waals surface area contributed by atoms with Crippen LogP contribution in [0.4, 0.5) is 5.69 Å². The van der Waals surface area contributed by atoms with E-state index in [4.69, 9.17) is 4.74 Å². The van der Waals surface area contributed by atoms with Crippen LogP contribution in [-0.4, -0.2) is 48.4 Å². The number of carbonyl (C=O) groups excluding carboxylic acids is 1. The van der Waals surface area contributed by atoms with Gasteiger partial charge in [0.2, 0.25) is 15.9 Å². The number of fused-ring (bicyclic) bond motifs is 1. The predicted molar refractivity (Wildman–Crippen MR) is 128 cm³/mol. The average Bonchev–Trinajstić information content (AvgIpc) is 3.40. The SMILES string of the molecule is CN(C)S(=O)(=O)c1ccc2c(c1)nc(CCC(=O)Nc1cccc(OC3CCCC3)c1)n2C. The minimum atomic E-state index is -3.53. The molecule has 0 spiro atoms. The molecule has 0 aliphatic heterocycles. The van der Waals surface area contributed by atoms with Gasteiger partial charge in [-0.2, -0.15) is 0 Å². The van der Waals surface area contributed by atoms with Crippen molar-refractivity contribution in [2.75, 3.05) is 19.4 Å². The molecule has 1 aliphatic carbocycles. The van der Waals surface area contributed by atoms with Gasteiger partial charge in [-0.25, -0.2) is 17.7 Å². The number of hydrogen-bond donors (Lipinski definition) is 1. The van der Waals surface area contributed by atoms with Crippen LogP contribution in [0.2, 0.25) is 0 Å². The number of hydrogen-bond acceptors (Lipinski definition) is 5. The predicted octanol–water partition coefficient (Wildman–Crippen LogP) is 3.72. The number of nitrogens with zero attached hydrogens (tertiary/aromatic N) is 3. The van der Waals surface area contributed by atoms with Gasteiger partial charge >= 0.3 is 0 Å². The molecule has 0 radical (unpaired) electrons. The van der Waals surface area contributed by atoms with E-state index in [1.807, 2.05) is 35.9 Å². The molecule has 1 saturated carbocycles. The van der Waals surface area contributed by atoms with E-state index in [0.29, 0.717) is 17.6 Å². The topological polar surface area (TPSA) is 93.5 Å². The third-order valence-electron chi connectivity index (χ3n) is 6.02. The molecule has 3 aromatic rings. The molecule has 8 nitrogen and oxygen atoms in total. The molecule has 1 heterocycles. The summed E-state index contributed by atoms with van der Waals surface area (Å²) in [6.07, 6.45) is 5.53. The Morgan fingerprint density at radius 1 is 1.18 bits per heavy atom. The molecular formula is C24H30N4O4S. The third-order valence-corrected chi connectivity index (χ3v) is 7.83. The molecule has 176 valence electrons. The van der Waals surface area contributed by atoms with Crippen LogP contribution < -0.4 is 10.1 Å².